The van der Waals surface area contributed by atoms with Crippen molar-refractivity contribution in [3.8, 4) is 0 Å². The lowest BCUT2D eigenvalue weighted by Crippen LogP contribution is -2.47. The highest BCUT2D eigenvalue weighted by molar-refractivity contribution is 6.31. The van der Waals surface area contributed by atoms with Gasteiger partial charge in [0.2, 0.25) is 0 Å². The molecular weight excluding hydrogens is 371 g/mol. The molecule has 2 aromatic carbocycles. The molecule has 4 rings (SSSR count). The predicted octanol–water partition coefficient (Wildman–Crippen LogP) is 3.00. The summed E-state index contributed by atoms with van der Waals surface area (Å²) in [5.41, 5.74) is 3.13. The Bertz CT molecular complexity index is 906. The number of carbonyl (C=O) groups is 1. The molecule has 0 atom stereocenters. The van der Waals surface area contributed by atoms with E-state index in [4.69, 9.17) is 4.74 Å². The van der Waals surface area contributed by atoms with Crippen LogP contribution in [0.2, 0.25) is 0 Å². The van der Waals surface area contributed by atoms with E-state index in [1.807, 2.05) is 12.1 Å². The zero-order chi connectivity index (χ0) is 20.2. The molecule has 1 saturated heterocycles. The van der Waals surface area contributed by atoms with Crippen molar-refractivity contribution < 1.29 is 13.9 Å². The summed E-state index contributed by atoms with van der Waals surface area (Å²) in [5, 5.41) is 5.80. The van der Waals surface area contributed by atoms with Gasteiger partial charge in [-0.05, 0) is 36.4 Å². The van der Waals surface area contributed by atoms with Gasteiger partial charge in [0.15, 0.2) is 0 Å². The molecule has 0 unspecified atom stereocenters. The van der Waals surface area contributed by atoms with Crippen LogP contribution in [0.25, 0.3) is 5.57 Å². The molecule has 0 spiro atoms. The number of rotatable bonds is 6. The van der Waals surface area contributed by atoms with Crippen molar-refractivity contribution in [2.45, 2.75) is 0 Å². The zero-order valence-corrected chi connectivity index (χ0v) is 16.5. The third-order valence-corrected chi connectivity index (χ3v) is 5.38. The zero-order valence-electron chi connectivity index (χ0n) is 16.5. The van der Waals surface area contributed by atoms with Crippen molar-refractivity contribution in [2.24, 2.45) is 0 Å². The van der Waals surface area contributed by atoms with Gasteiger partial charge in [0.25, 0.3) is 5.91 Å². The fraction of sp³-hybridized carbons (Fsp3) is 0.318. The van der Waals surface area contributed by atoms with Gasteiger partial charge in [-0.2, -0.15) is 0 Å². The summed E-state index contributed by atoms with van der Waals surface area (Å²) in [6, 6.07) is 12.7. The Balaban J connectivity index is 1.39. The number of hydrogen-bond acceptors (Lipinski definition) is 5. The van der Waals surface area contributed by atoms with Crippen molar-refractivity contribution >= 4 is 28.5 Å². The van der Waals surface area contributed by atoms with Crippen LogP contribution in [-0.2, 0) is 9.53 Å². The normalized spacial score (nSPS) is 18.1. The Hall–Kier alpha value is -2.90. The topological polar surface area (TPSA) is 56.8 Å². The quantitative estimate of drug-likeness (QED) is 0.736. The Morgan fingerprint density at radius 2 is 1.90 bits per heavy atom. The number of benzene rings is 2. The number of fused-ring (bicyclic) bond motifs is 1. The first-order valence-corrected chi connectivity index (χ1v) is 9.79. The molecule has 2 aliphatic heterocycles. The molecule has 0 aromatic heterocycles. The second-order valence-corrected chi connectivity index (χ2v) is 7.19. The monoisotopic (exact) mass is 396 g/mol. The van der Waals surface area contributed by atoms with Crippen molar-refractivity contribution in [2.75, 3.05) is 62.0 Å². The van der Waals surface area contributed by atoms with Crippen LogP contribution in [0.3, 0.4) is 0 Å². The molecule has 1 amide bonds. The molecule has 0 saturated carbocycles. The average Bonchev–Trinajstić information content (AvgIpc) is 3.08. The summed E-state index contributed by atoms with van der Waals surface area (Å²) in [7, 11) is 1.73. The number of piperazine rings is 1. The SMILES string of the molecule is COCCN1CCN(c2ccc(NC=C3C(=O)Nc4cccc(F)c43)cc2)CC1. The fourth-order valence-corrected chi connectivity index (χ4v) is 3.72. The van der Waals surface area contributed by atoms with Gasteiger partial charge in [0.05, 0.1) is 17.9 Å². The highest BCUT2D eigenvalue weighted by Crippen LogP contribution is 2.33. The highest BCUT2D eigenvalue weighted by Gasteiger charge is 2.27. The Morgan fingerprint density at radius 3 is 2.62 bits per heavy atom. The van der Waals surface area contributed by atoms with Crippen molar-refractivity contribution in [3.63, 3.8) is 0 Å². The standard InChI is InChI=1S/C22H25FN4O2/c1-29-14-13-26-9-11-27(12-10-26)17-7-5-16(6-8-17)24-15-18-21-19(23)3-2-4-20(21)25-22(18)28/h2-8,15,24H,9-14H2,1H3,(H,25,28). The maximum atomic E-state index is 14.1. The average molecular weight is 396 g/mol. The number of amides is 1. The second kappa shape index (κ2) is 8.63. The first-order valence-electron chi connectivity index (χ1n) is 9.79. The van der Waals surface area contributed by atoms with Gasteiger partial charge in [-0.3, -0.25) is 9.69 Å². The lowest BCUT2D eigenvalue weighted by molar-refractivity contribution is -0.110. The molecule has 7 heteroatoms. The molecule has 2 aromatic rings. The van der Waals surface area contributed by atoms with Crippen LogP contribution in [0.1, 0.15) is 5.56 Å². The van der Waals surface area contributed by atoms with E-state index < -0.39 is 5.82 Å². The van der Waals surface area contributed by atoms with E-state index in [2.05, 4.69) is 32.6 Å². The fourth-order valence-electron chi connectivity index (χ4n) is 3.72. The molecule has 2 aliphatic rings. The van der Waals surface area contributed by atoms with Crippen molar-refractivity contribution in [1.82, 2.24) is 4.90 Å². The van der Waals surface area contributed by atoms with Crippen LogP contribution in [0.15, 0.2) is 48.7 Å². The summed E-state index contributed by atoms with van der Waals surface area (Å²) < 4.78 is 19.3. The van der Waals surface area contributed by atoms with Crippen LogP contribution in [0, 0.1) is 5.82 Å². The predicted molar refractivity (Wildman–Crippen MR) is 114 cm³/mol. The Morgan fingerprint density at radius 1 is 1.14 bits per heavy atom. The summed E-state index contributed by atoms with van der Waals surface area (Å²) in [6.45, 7) is 5.75. The molecule has 6 nitrogen and oxygen atoms in total. The van der Waals surface area contributed by atoms with Crippen LogP contribution in [-0.4, -0.2) is 57.2 Å². The summed E-state index contributed by atoms with van der Waals surface area (Å²) in [4.78, 5) is 16.9. The second-order valence-electron chi connectivity index (χ2n) is 7.19. The minimum Gasteiger partial charge on any atom is -0.383 e. The van der Waals surface area contributed by atoms with Crippen LogP contribution in [0.4, 0.5) is 21.5 Å². The van der Waals surface area contributed by atoms with Crippen molar-refractivity contribution in [3.05, 3.63) is 60.0 Å². The number of carbonyl (C=O) groups excluding carboxylic acids is 1. The van der Waals surface area contributed by atoms with Gasteiger partial charge in [0.1, 0.15) is 5.82 Å². The lowest BCUT2D eigenvalue weighted by atomic mass is 10.1. The lowest BCUT2D eigenvalue weighted by Gasteiger charge is -2.36. The molecule has 29 heavy (non-hydrogen) atoms. The molecule has 0 radical (unpaired) electrons. The van der Waals surface area contributed by atoms with Gasteiger partial charge < -0.3 is 20.3 Å². The minimum atomic E-state index is -0.408. The molecule has 1 fully saturated rings. The summed E-state index contributed by atoms with van der Waals surface area (Å²) in [6.07, 6.45) is 1.56. The molecule has 2 N–H and O–H groups in total. The minimum absolute atomic E-state index is 0.300. The highest BCUT2D eigenvalue weighted by atomic mass is 19.1. The van der Waals surface area contributed by atoms with Crippen molar-refractivity contribution in [1.29, 1.82) is 0 Å². The number of nitrogens with zero attached hydrogens (tertiary/aromatic N) is 2. The van der Waals surface area contributed by atoms with E-state index in [-0.39, 0.29) is 5.91 Å². The van der Waals surface area contributed by atoms with Crippen LogP contribution in [0.5, 0.6) is 0 Å². The molecular formula is C22H25FN4O2. The number of anilines is 3. The van der Waals surface area contributed by atoms with Crippen LogP contribution < -0.4 is 15.5 Å². The smallest absolute Gasteiger partial charge is 0.257 e. The number of ether oxygens (including phenoxy) is 1. The third-order valence-electron chi connectivity index (χ3n) is 5.38. The van der Waals surface area contributed by atoms with E-state index in [0.29, 0.717) is 16.8 Å². The molecule has 0 aliphatic carbocycles. The maximum Gasteiger partial charge on any atom is 0.257 e. The van der Waals surface area contributed by atoms with E-state index in [9.17, 15) is 9.18 Å². The van der Waals surface area contributed by atoms with Gasteiger partial charge in [-0.15, -0.1) is 0 Å². The first-order chi connectivity index (χ1) is 14.2. The summed E-state index contributed by atoms with van der Waals surface area (Å²) in [5.74, 6) is -0.713. The molecule has 2 heterocycles. The van der Waals surface area contributed by atoms with E-state index in [1.54, 1.807) is 25.4 Å². The molecule has 152 valence electrons. The Kier molecular flexibility index (Phi) is 5.78. The van der Waals surface area contributed by atoms with Crippen LogP contribution >= 0.6 is 0 Å². The number of methoxy groups -OCH3 is 1. The van der Waals surface area contributed by atoms with E-state index >= 15 is 0 Å². The number of nitrogens with one attached hydrogen (secondary N) is 2. The van der Waals surface area contributed by atoms with E-state index in [1.165, 1.54) is 11.8 Å². The third kappa shape index (κ3) is 4.26. The maximum absolute atomic E-state index is 14.1. The van der Waals surface area contributed by atoms with Gasteiger partial charge in [0, 0.05) is 63.0 Å². The summed E-state index contributed by atoms with van der Waals surface area (Å²) >= 11 is 0. The van der Waals surface area contributed by atoms with E-state index in [0.717, 1.165) is 45.0 Å². The van der Waals surface area contributed by atoms with Gasteiger partial charge >= 0.3 is 0 Å². The largest absolute Gasteiger partial charge is 0.383 e. The number of hydrogen-bond donors (Lipinski definition) is 2. The van der Waals surface area contributed by atoms with Gasteiger partial charge in [-0.25, -0.2) is 4.39 Å². The number of halogens is 1. The first kappa shape index (κ1) is 19.4. The Labute approximate surface area is 169 Å². The molecule has 0 bridgehead atoms. The van der Waals surface area contributed by atoms with Gasteiger partial charge in [-0.1, -0.05) is 6.07 Å².